The third kappa shape index (κ3) is 4.26. The van der Waals surface area contributed by atoms with Crippen molar-refractivity contribution in [2.24, 2.45) is 0 Å². The largest absolute Gasteiger partial charge is 0.489 e. The fraction of sp³-hybridized carbons (Fsp3) is 0.294. The van der Waals surface area contributed by atoms with Crippen LogP contribution >= 0.6 is 0 Å². The van der Waals surface area contributed by atoms with E-state index in [-0.39, 0.29) is 24.1 Å². The van der Waals surface area contributed by atoms with Crippen LogP contribution in [0, 0.1) is 11.6 Å². The molecule has 0 saturated carbocycles. The molecule has 1 aromatic carbocycles. The molecule has 1 aromatic heterocycles. The zero-order chi connectivity index (χ0) is 17.7. The van der Waals surface area contributed by atoms with E-state index in [1.54, 1.807) is 26.0 Å². The number of pyridine rings is 1. The van der Waals surface area contributed by atoms with E-state index in [9.17, 15) is 18.7 Å². The van der Waals surface area contributed by atoms with Gasteiger partial charge in [0.25, 0.3) is 5.91 Å². The molecule has 1 unspecified atom stereocenters. The van der Waals surface area contributed by atoms with E-state index in [4.69, 9.17) is 4.74 Å². The standard InChI is InChI=1S/C17H18F2N2O3/c1-10(2)24-14-7-4-8-20-16(14)17(23)21-9-13(22)15-11(18)5-3-6-12(15)19/h3-8,10,13,22H,9H2,1-2H3,(H,21,23). The molecule has 0 radical (unpaired) electrons. The van der Waals surface area contributed by atoms with Crippen LogP contribution in [0.2, 0.25) is 0 Å². The highest BCUT2D eigenvalue weighted by Gasteiger charge is 2.20. The number of aliphatic hydroxyl groups is 1. The van der Waals surface area contributed by atoms with E-state index in [1.807, 2.05) is 0 Å². The number of rotatable bonds is 6. The summed E-state index contributed by atoms with van der Waals surface area (Å²) in [7, 11) is 0. The first-order valence-corrected chi connectivity index (χ1v) is 7.42. The summed E-state index contributed by atoms with van der Waals surface area (Å²) in [5.74, 6) is -2.07. The first-order chi connectivity index (χ1) is 11.4. The van der Waals surface area contributed by atoms with E-state index >= 15 is 0 Å². The number of amides is 1. The number of halogens is 2. The van der Waals surface area contributed by atoms with Crippen molar-refractivity contribution in [1.29, 1.82) is 0 Å². The normalized spacial score (nSPS) is 12.1. The number of benzene rings is 1. The number of nitrogens with zero attached hydrogens (tertiary/aromatic N) is 1. The summed E-state index contributed by atoms with van der Waals surface area (Å²) in [5.41, 5.74) is -0.454. The molecule has 2 N–H and O–H groups in total. The van der Waals surface area contributed by atoms with Crippen molar-refractivity contribution < 1.29 is 23.4 Å². The Balaban J connectivity index is 2.08. The summed E-state index contributed by atoms with van der Waals surface area (Å²) >= 11 is 0. The summed E-state index contributed by atoms with van der Waals surface area (Å²) < 4.78 is 32.7. The first kappa shape index (κ1) is 17.8. The Morgan fingerprint density at radius 2 is 1.92 bits per heavy atom. The van der Waals surface area contributed by atoms with Crippen LogP contribution in [0.25, 0.3) is 0 Å². The van der Waals surface area contributed by atoms with Gasteiger partial charge in [0.05, 0.1) is 11.7 Å². The van der Waals surface area contributed by atoms with Gasteiger partial charge < -0.3 is 15.2 Å². The Bertz CT molecular complexity index is 702. The zero-order valence-electron chi connectivity index (χ0n) is 13.3. The maximum absolute atomic E-state index is 13.6. The number of aliphatic hydroxyl groups excluding tert-OH is 1. The predicted octanol–water partition coefficient (Wildman–Crippen LogP) is 2.61. The molecular formula is C17H18F2N2O3. The van der Waals surface area contributed by atoms with Crippen LogP contribution in [0.5, 0.6) is 5.75 Å². The van der Waals surface area contributed by atoms with Gasteiger partial charge in [-0.2, -0.15) is 0 Å². The minimum atomic E-state index is -1.52. The number of carbonyl (C=O) groups is 1. The van der Waals surface area contributed by atoms with Crippen molar-refractivity contribution in [3.8, 4) is 5.75 Å². The average molecular weight is 336 g/mol. The van der Waals surface area contributed by atoms with E-state index in [2.05, 4.69) is 10.3 Å². The van der Waals surface area contributed by atoms with Crippen LogP contribution in [0.15, 0.2) is 36.5 Å². The lowest BCUT2D eigenvalue weighted by atomic mass is 10.1. The summed E-state index contributed by atoms with van der Waals surface area (Å²) in [6.07, 6.45) is -0.248. The van der Waals surface area contributed by atoms with Gasteiger partial charge in [0.1, 0.15) is 17.7 Å². The molecule has 2 rings (SSSR count). The molecule has 0 aliphatic rings. The molecule has 5 nitrogen and oxygen atoms in total. The highest BCUT2D eigenvalue weighted by molar-refractivity contribution is 5.94. The minimum Gasteiger partial charge on any atom is -0.489 e. The van der Waals surface area contributed by atoms with Crippen molar-refractivity contribution in [3.63, 3.8) is 0 Å². The summed E-state index contributed by atoms with van der Waals surface area (Å²) in [6.45, 7) is 3.24. The third-order valence-electron chi connectivity index (χ3n) is 3.14. The molecule has 0 aliphatic carbocycles. The zero-order valence-corrected chi connectivity index (χ0v) is 13.3. The maximum atomic E-state index is 13.6. The van der Waals surface area contributed by atoms with Crippen LogP contribution in [0.1, 0.15) is 36.0 Å². The second-order valence-electron chi connectivity index (χ2n) is 5.38. The maximum Gasteiger partial charge on any atom is 0.273 e. The number of ether oxygens (including phenoxy) is 1. The van der Waals surface area contributed by atoms with Gasteiger partial charge in [-0.05, 0) is 38.1 Å². The number of aromatic nitrogens is 1. The quantitative estimate of drug-likeness (QED) is 0.851. The lowest BCUT2D eigenvalue weighted by Crippen LogP contribution is -2.30. The second-order valence-corrected chi connectivity index (χ2v) is 5.38. The van der Waals surface area contributed by atoms with Crippen LogP contribution < -0.4 is 10.1 Å². The molecule has 0 aliphatic heterocycles. The Morgan fingerprint density at radius 1 is 1.25 bits per heavy atom. The number of hydrogen-bond acceptors (Lipinski definition) is 4. The summed E-state index contributed by atoms with van der Waals surface area (Å²) in [4.78, 5) is 16.2. The summed E-state index contributed by atoms with van der Waals surface area (Å²) in [6, 6.07) is 6.49. The predicted molar refractivity (Wildman–Crippen MR) is 83.7 cm³/mol. The molecule has 0 saturated heterocycles. The molecule has 1 amide bonds. The van der Waals surface area contributed by atoms with Gasteiger partial charge in [0.15, 0.2) is 11.4 Å². The topological polar surface area (TPSA) is 71.5 Å². The van der Waals surface area contributed by atoms with Gasteiger partial charge in [0, 0.05) is 12.7 Å². The molecule has 1 heterocycles. The Kier molecular flexibility index (Phi) is 5.81. The molecule has 0 spiro atoms. The Hall–Kier alpha value is -2.54. The van der Waals surface area contributed by atoms with Crippen LogP contribution in [-0.4, -0.2) is 28.6 Å². The lowest BCUT2D eigenvalue weighted by molar-refractivity contribution is 0.0900. The van der Waals surface area contributed by atoms with Crippen LogP contribution in [0.3, 0.4) is 0 Å². The van der Waals surface area contributed by atoms with Gasteiger partial charge in [0.2, 0.25) is 0 Å². The van der Waals surface area contributed by atoms with Gasteiger partial charge in [-0.3, -0.25) is 4.79 Å². The average Bonchev–Trinajstić information content (AvgIpc) is 2.52. The van der Waals surface area contributed by atoms with Crippen molar-refractivity contribution in [3.05, 3.63) is 59.4 Å². The van der Waals surface area contributed by atoms with Crippen molar-refractivity contribution in [1.82, 2.24) is 10.3 Å². The molecule has 7 heteroatoms. The lowest BCUT2D eigenvalue weighted by Gasteiger charge is -2.15. The summed E-state index contributed by atoms with van der Waals surface area (Å²) in [5, 5.41) is 12.3. The molecule has 24 heavy (non-hydrogen) atoms. The SMILES string of the molecule is CC(C)Oc1cccnc1C(=O)NCC(O)c1c(F)cccc1F. The van der Waals surface area contributed by atoms with Crippen molar-refractivity contribution in [2.75, 3.05) is 6.54 Å². The molecule has 0 bridgehead atoms. The number of hydrogen-bond donors (Lipinski definition) is 2. The van der Waals surface area contributed by atoms with Crippen molar-refractivity contribution in [2.45, 2.75) is 26.1 Å². The van der Waals surface area contributed by atoms with E-state index in [0.717, 1.165) is 12.1 Å². The highest BCUT2D eigenvalue weighted by Crippen LogP contribution is 2.21. The monoisotopic (exact) mass is 336 g/mol. The van der Waals surface area contributed by atoms with E-state index in [1.165, 1.54) is 12.3 Å². The van der Waals surface area contributed by atoms with Crippen LogP contribution in [0.4, 0.5) is 8.78 Å². The Morgan fingerprint density at radius 3 is 2.54 bits per heavy atom. The number of carbonyl (C=O) groups excluding carboxylic acids is 1. The molecular weight excluding hydrogens is 318 g/mol. The van der Waals surface area contributed by atoms with E-state index < -0.39 is 29.2 Å². The molecule has 1 atom stereocenters. The first-order valence-electron chi connectivity index (χ1n) is 7.42. The number of nitrogens with one attached hydrogen (secondary N) is 1. The molecule has 128 valence electrons. The smallest absolute Gasteiger partial charge is 0.273 e. The van der Waals surface area contributed by atoms with Crippen molar-refractivity contribution >= 4 is 5.91 Å². The van der Waals surface area contributed by atoms with Gasteiger partial charge in [-0.15, -0.1) is 0 Å². The van der Waals surface area contributed by atoms with Crippen LogP contribution in [-0.2, 0) is 0 Å². The Labute approximate surface area is 138 Å². The fourth-order valence-corrected chi connectivity index (χ4v) is 2.11. The molecule has 2 aromatic rings. The second kappa shape index (κ2) is 7.83. The van der Waals surface area contributed by atoms with Gasteiger partial charge in [-0.1, -0.05) is 6.07 Å². The van der Waals surface area contributed by atoms with E-state index in [0.29, 0.717) is 0 Å². The fourth-order valence-electron chi connectivity index (χ4n) is 2.11. The molecule has 0 fully saturated rings. The third-order valence-corrected chi connectivity index (χ3v) is 3.14. The van der Waals surface area contributed by atoms with Gasteiger partial charge >= 0.3 is 0 Å². The minimum absolute atomic E-state index is 0.0346. The van der Waals surface area contributed by atoms with Gasteiger partial charge in [-0.25, -0.2) is 13.8 Å². The highest BCUT2D eigenvalue weighted by atomic mass is 19.1.